The van der Waals surface area contributed by atoms with Crippen molar-refractivity contribution in [2.24, 2.45) is 0 Å². The third-order valence-corrected chi connectivity index (χ3v) is 4.76. The van der Waals surface area contributed by atoms with Gasteiger partial charge in [-0.1, -0.05) is 41.4 Å². The summed E-state index contributed by atoms with van der Waals surface area (Å²) in [5.41, 5.74) is -3.67. The van der Waals surface area contributed by atoms with Crippen LogP contribution in [0.3, 0.4) is 0 Å². The summed E-state index contributed by atoms with van der Waals surface area (Å²) in [6.07, 6.45) is -5.27. The van der Waals surface area contributed by atoms with Crippen LogP contribution in [-0.4, -0.2) is 30.3 Å². The third kappa shape index (κ3) is 4.76. The minimum absolute atomic E-state index is 0.0798. The molecule has 2 aromatic rings. The SMILES string of the molecule is CCOC(=O)[C@@](NC(=O)c1ccccc1Cl)(Nc1cccc(Cl)c1C)C(F)(F)F. The molecule has 29 heavy (non-hydrogen) atoms. The molecule has 2 aromatic carbocycles. The second-order valence-electron chi connectivity index (χ2n) is 5.94. The van der Waals surface area contributed by atoms with Crippen LogP contribution in [0.1, 0.15) is 22.8 Å². The lowest BCUT2D eigenvalue weighted by Gasteiger charge is -2.36. The van der Waals surface area contributed by atoms with Crippen LogP contribution < -0.4 is 10.6 Å². The summed E-state index contributed by atoms with van der Waals surface area (Å²) in [7, 11) is 0. The van der Waals surface area contributed by atoms with E-state index in [9.17, 15) is 22.8 Å². The molecule has 0 saturated heterocycles. The number of esters is 1. The summed E-state index contributed by atoms with van der Waals surface area (Å²) in [5, 5.41) is 3.91. The highest BCUT2D eigenvalue weighted by molar-refractivity contribution is 6.34. The van der Waals surface area contributed by atoms with Crippen molar-refractivity contribution in [1.29, 1.82) is 0 Å². The van der Waals surface area contributed by atoms with Crippen molar-refractivity contribution in [2.45, 2.75) is 25.7 Å². The number of rotatable bonds is 6. The summed E-state index contributed by atoms with van der Waals surface area (Å²) in [6.45, 7) is 2.47. The van der Waals surface area contributed by atoms with Crippen LogP contribution in [0.4, 0.5) is 18.9 Å². The van der Waals surface area contributed by atoms with Crippen molar-refractivity contribution < 1.29 is 27.5 Å². The predicted octanol–water partition coefficient (Wildman–Crippen LogP) is 4.97. The lowest BCUT2D eigenvalue weighted by Crippen LogP contribution is -2.69. The van der Waals surface area contributed by atoms with E-state index in [-0.39, 0.29) is 33.5 Å². The Bertz CT molecular complexity index is 922. The molecule has 0 saturated carbocycles. The molecule has 156 valence electrons. The van der Waals surface area contributed by atoms with Crippen molar-refractivity contribution in [2.75, 3.05) is 11.9 Å². The summed E-state index contributed by atoms with van der Waals surface area (Å²) in [6, 6.07) is 9.68. The van der Waals surface area contributed by atoms with E-state index in [0.717, 1.165) is 0 Å². The second-order valence-corrected chi connectivity index (χ2v) is 6.75. The maximum absolute atomic E-state index is 14.2. The molecular formula is C19H17Cl2F3N2O3. The van der Waals surface area contributed by atoms with Crippen LogP contribution in [0.25, 0.3) is 0 Å². The Morgan fingerprint density at radius 1 is 1.03 bits per heavy atom. The summed E-state index contributed by atoms with van der Waals surface area (Å²) >= 11 is 11.9. The zero-order valence-corrected chi connectivity index (χ0v) is 16.9. The number of hydrogen-bond acceptors (Lipinski definition) is 4. The Labute approximate surface area is 175 Å². The predicted molar refractivity (Wildman–Crippen MR) is 104 cm³/mol. The average molecular weight is 449 g/mol. The molecular weight excluding hydrogens is 432 g/mol. The number of amides is 1. The van der Waals surface area contributed by atoms with Crippen LogP contribution in [0.5, 0.6) is 0 Å². The Kier molecular flexibility index (Phi) is 7.02. The summed E-state index contributed by atoms with van der Waals surface area (Å²) in [4.78, 5) is 25.1. The molecule has 5 nitrogen and oxygen atoms in total. The average Bonchev–Trinajstić information content (AvgIpc) is 2.64. The van der Waals surface area contributed by atoms with Gasteiger partial charge in [-0.25, -0.2) is 4.79 Å². The van der Waals surface area contributed by atoms with Gasteiger partial charge < -0.3 is 15.4 Å². The van der Waals surface area contributed by atoms with Gasteiger partial charge in [0, 0.05) is 10.7 Å². The van der Waals surface area contributed by atoms with Crippen molar-refractivity contribution in [3.8, 4) is 0 Å². The van der Waals surface area contributed by atoms with Crippen LogP contribution in [0.15, 0.2) is 42.5 Å². The number of anilines is 1. The van der Waals surface area contributed by atoms with Gasteiger partial charge in [-0.05, 0) is 43.7 Å². The number of carbonyl (C=O) groups excluding carboxylic acids is 2. The van der Waals surface area contributed by atoms with Gasteiger partial charge in [0.25, 0.3) is 5.91 Å². The quantitative estimate of drug-likeness (QED) is 0.483. The molecule has 0 aliphatic rings. The van der Waals surface area contributed by atoms with Gasteiger partial charge in [-0.2, -0.15) is 13.2 Å². The summed E-state index contributed by atoms with van der Waals surface area (Å²) in [5.74, 6) is -2.94. The van der Waals surface area contributed by atoms with Crippen molar-refractivity contribution >= 4 is 40.8 Å². The number of ether oxygens (including phenoxy) is 1. The van der Waals surface area contributed by atoms with E-state index in [4.69, 9.17) is 23.2 Å². The number of carbonyl (C=O) groups is 2. The minimum Gasteiger partial charge on any atom is -0.463 e. The van der Waals surface area contributed by atoms with Crippen LogP contribution in [0, 0.1) is 6.92 Å². The van der Waals surface area contributed by atoms with Gasteiger partial charge in [0.2, 0.25) is 0 Å². The molecule has 1 atom stereocenters. The standard InChI is InChI=1S/C19H17Cl2F3N2O3/c1-3-29-17(28)18(19(22,23)24,25-15-10-6-9-13(20)11(15)2)26-16(27)12-7-4-5-8-14(12)21/h4-10,25H,3H2,1-2H3,(H,26,27)/t18-/m0/s1. The van der Waals surface area contributed by atoms with E-state index >= 15 is 0 Å². The zero-order valence-electron chi connectivity index (χ0n) is 15.4. The first-order chi connectivity index (χ1) is 13.5. The number of benzene rings is 2. The molecule has 2 rings (SSSR count). The molecule has 0 heterocycles. The molecule has 0 unspecified atom stereocenters. The van der Waals surface area contributed by atoms with Gasteiger partial charge in [0.15, 0.2) is 0 Å². The molecule has 0 radical (unpaired) electrons. The Morgan fingerprint density at radius 3 is 2.24 bits per heavy atom. The molecule has 10 heteroatoms. The molecule has 0 aliphatic carbocycles. The summed E-state index contributed by atoms with van der Waals surface area (Å²) < 4.78 is 47.2. The van der Waals surface area contributed by atoms with Crippen LogP contribution in [-0.2, 0) is 9.53 Å². The van der Waals surface area contributed by atoms with Crippen molar-refractivity contribution in [1.82, 2.24) is 5.32 Å². The van der Waals surface area contributed by atoms with Crippen molar-refractivity contribution in [3.05, 3.63) is 63.6 Å². The van der Waals surface area contributed by atoms with E-state index in [0.29, 0.717) is 0 Å². The van der Waals surface area contributed by atoms with Crippen molar-refractivity contribution in [3.63, 3.8) is 0 Å². The van der Waals surface area contributed by atoms with E-state index in [1.54, 1.807) is 5.32 Å². The largest absolute Gasteiger partial charge is 0.463 e. The maximum Gasteiger partial charge on any atom is 0.441 e. The van der Waals surface area contributed by atoms with Gasteiger partial charge >= 0.3 is 17.8 Å². The molecule has 0 aromatic heterocycles. The van der Waals surface area contributed by atoms with E-state index < -0.39 is 23.7 Å². The van der Waals surface area contributed by atoms with Gasteiger partial charge in [0.1, 0.15) is 0 Å². The Morgan fingerprint density at radius 2 is 1.66 bits per heavy atom. The first-order valence-corrected chi connectivity index (χ1v) is 9.13. The monoisotopic (exact) mass is 448 g/mol. The molecule has 0 aliphatic heterocycles. The number of alkyl halides is 3. The van der Waals surface area contributed by atoms with E-state index in [1.807, 2.05) is 0 Å². The molecule has 2 N–H and O–H groups in total. The fourth-order valence-corrected chi connectivity index (χ4v) is 2.85. The van der Waals surface area contributed by atoms with Crippen LogP contribution >= 0.6 is 23.2 Å². The Hall–Kier alpha value is -2.45. The maximum atomic E-state index is 14.2. The molecule has 0 spiro atoms. The van der Waals surface area contributed by atoms with Gasteiger partial charge in [-0.3, -0.25) is 4.79 Å². The topological polar surface area (TPSA) is 67.4 Å². The highest BCUT2D eigenvalue weighted by Crippen LogP contribution is 2.35. The first-order valence-electron chi connectivity index (χ1n) is 8.37. The first kappa shape index (κ1) is 22.8. The fourth-order valence-electron chi connectivity index (χ4n) is 2.46. The normalized spacial score (nSPS) is 13.3. The highest BCUT2D eigenvalue weighted by atomic mass is 35.5. The number of nitrogens with one attached hydrogen (secondary N) is 2. The second kappa shape index (κ2) is 8.92. The third-order valence-electron chi connectivity index (χ3n) is 4.02. The fraction of sp³-hybridized carbons (Fsp3) is 0.263. The number of hydrogen-bond donors (Lipinski definition) is 2. The minimum atomic E-state index is -5.27. The highest BCUT2D eigenvalue weighted by Gasteiger charge is 2.63. The van der Waals surface area contributed by atoms with Gasteiger partial charge in [-0.15, -0.1) is 0 Å². The molecule has 0 bridgehead atoms. The number of halogens is 5. The zero-order chi connectivity index (χ0) is 21.8. The van der Waals surface area contributed by atoms with E-state index in [1.165, 1.54) is 56.3 Å². The Balaban J connectivity index is 2.59. The molecule has 0 fully saturated rings. The van der Waals surface area contributed by atoms with Crippen LogP contribution in [0.2, 0.25) is 10.0 Å². The lowest BCUT2D eigenvalue weighted by atomic mass is 10.1. The lowest BCUT2D eigenvalue weighted by molar-refractivity contribution is -0.204. The van der Waals surface area contributed by atoms with E-state index in [2.05, 4.69) is 10.1 Å². The molecule has 1 amide bonds. The van der Waals surface area contributed by atoms with Gasteiger partial charge in [0.05, 0.1) is 17.2 Å². The smallest absolute Gasteiger partial charge is 0.441 e.